The fourth-order valence-electron chi connectivity index (χ4n) is 4.64. The largest absolute Gasteiger partial charge is 0.504 e. The van der Waals surface area contributed by atoms with Gasteiger partial charge in [0.25, 0.3) is 0 Å². The average molecular weight is 502 g/mol. The molecule has 9 nitrogen and oxygen atoms in total. The normalized spacial score (nSPS) is 13.5. The number of piperidine rings is 1. The minimum Gasteiger partial charge on any atom is -0.504 e. The number of methoxy groups -OCH3 is 1. The van der Waals surface area contributed by atoms with Crippen LogP contribution in [0.5, 0.6) is 11.5 Å². The number of phenolic OH excluding ortho intramolecular Hbond substituents is 1. The maximum atomic E-state index is 14.7. The summed E-state index contributed by atoms with van der Waals surface area (Å²) in [6.45, 7) is 1.03. The molecule has 1 fully saturated rings. The fourth-order valence-corrected chi connectivity index (χ4v) is 4.64. The van der Waals surface area contributed by atoms with Gasteiger partial charge >= 0.3 is 6.09 Å². The van der Waals surface area contributed by atoms with Crippen molar-refractivity contribution in [2.24, 2.45) is 0 Å². The number of ether oxygens (including phenoxy) is 1. The van der Waals surface area contributed by atoms with Gasteiger partial charge in [-0.15, -0.1) is 0 Å². The second-order valence-electron chi connectivity index (χ2n) is 8.59. The lowest BCUT2D eigenvalue weighted by Crippen LogP contribution is -2.44. The Morgan fingerprint density at radius 2 is 1.95 bits per heavy atom. The molecular formula is C27H24FN5O4. The summed E-state index contributed by atoms with van der Waals surface area (Å²) in [6.07, 6.45) is 1.65. The van der Waals surface area contributed by atoms with Gasteiger partial charge in [0.05, 0.1) is 25.2 Å². The first-order valence-electron chi connectivity index (χ1n) is 11.6. The van der Waals surface area contributed by atoms with E-state index >= 15 is 0 Å². The summed E-state index contributed by atoms with van der Waals surface area (Å²) in [5.41, 5.74) is 2.64. The highest BCUT2D eigenvalue weighted by Crippen LogP contribution is 2.41. The average Bonchev–Trinajstić information content (AvgIpc) is 2.88. The van der Waals surface area contributed by atoms with Crippen molar-refractivity contribution in [2.75, 3.05) is 25.1 Å². The molecule has 0 radical (unpaired) electrons. The number of anilines is 1. The predicted octanol–water partition coefficient (Wildman–Crippen LogP) is 4.44. The SMILES string of the molecule is COc1ccc(-c2cnc(N3CCC(NC(=O)O)CC3)c(CC#N)c2-c2ccc(C#N)c(F)c2)cc1O. The van der Waals surface area contributed by atoms with Crippen molar-refractivity contribution in [1.29, 1.82) is 10.5 Å². The van der Waals surface area contributed by atoms with Gasteiger partial charge in [-0.2, -0.15) is 10.5 Å². The minimum atomic E-state index is -1.07. The molecule has 188 valence electrons. The summed E-state index contributed by atoms with van der Waals surface area (Å²) in [7, 11) is 1.44. The molecule has 0 saturated carbocycles. The number of aromatic hydroxyl groups is 1. The third-order valence-corrected chi connectivity index (χ3v) is 6.40. The summed E-state index contributed by atoms with van der Waals surface area (Å²) >= 11 is 0. The van der Waals surface area contributed by atoms with Crippen LogP contribution in [0.2, 0.25) is 0 Å². The van der Waals surface area contributed by atoms with Crippen molar-refractivity contribution < 1.29 is 24.1 Å². The molecule has 3 aromatic rings. The Labute approximate surface area is 213 Å². The quantitative estimate of drug-likeness (QED) is 0.450. The molecule has 1 aliphatic heterocycles. The molecule has 3 N–H and O–H groups in total. The number of rotatable bonds is 6. The van der Waals surface area contributed by atoms with Gasteiger partial charge in [-0.25, -0.2) is 14.2 Å². The first-order valence-corrected chi connectivity index (χ1v) is 11.6. The van der Waals surface area contributed by atoms with Crippen molar-refractivity contribution in [3.05, 3.63) is 59.5 Å². The van der Waals surface area contributed by atoms with E-state index in [2.05, 4.69) is 16.4 Å². The molecule has 37 heavy (non-hydrogen) atoms. The summed E-state index contributed by atoms with van der Waals surface area (Å²) in [5, 5.41) is 40.8. The van der Waals surface area contributed by atoms with Gasteiger partial charge in [0, 0.05) is 36.5 Å². The number of pyridine rings is 1. The van der Waals surface area contributed by atoms with Crippen LogP contribution in [-0.2, 0) is 6.42 Å². The second kappa shape index (κ2) is 10.8. The molecule has 1 aromatic heterocycles. The molecule has 1 saturated heterocycles. The van der Waals surface area contributed by atoms with Crippen LogP contribution < -0.4 is 15.0 Å². The number of nitrogens with one attached hydrogen (secondary N) is 1. The van der Waals surface area contributed by atoms with Crippen molar-refractivity contribution >= 4 is 11.9 Å². The van der Waals surface area contributed by atoms with Gasteiger partial charge in [0.2, 0.25) is 0 Å². The monoisotopic (exact) mass is 501 g/mol. The number of aromatic nitrogens is 1. The molecule has 0 bridgehead atoms. The summed E-state index contributed by atoms with van der Waals surface area (Å²) < 4.78 is 19.9. The molecule has 10 heteroatoms. The first-order chi connectivity index (χ1) is 17.9. The Bertz CT molecular complexity index is 1420. The number of hydrogen-bond donors (Lipinski definition) is 3. The number of nitriles is 2. The van der Waals surface area contributed by atoms with Crippen LogP contribution in [-0.4, -0.2) is 47.5 Å². The van der Waals surface area contributed by atoms with Crippen LogP contribution in [0.1, 0.15) is 24.0 Å². The number of amides is 1. The van der Waals surface area contributed by atoms with Crippen LogP contribution in [0.3, 0.4) is 0 Å². The Kier molecular flexibility index (Phi) is 7.40. The maximum absolute atomic E-state index is 14.7. The number of benzene rings is 2. The zero-order valence-corrected chi connectivity index (χ0v) is 20.0. The van der Waals surface area contributed by atoms with Gasteiger partial charge in [0.15, 0.2) is 11.5 Å². The van der Waals surface area contributed by atoms with Gasteiger partial charge in [-0.1, -0.05) is 12.1 Å². The molecule has 4 rings (SSSR count). The maximum Gasteiger partial charge on any atom is 0.404 e. The lowest BCUT2D eigenvalue weighted by Gasteiger charge is -2.34. The molecule has 0 aliphatic carbocycles. The Morgan fingerprint density at radius 1 is 1.22 bits per heavy atom. The summed E-state index contributed by atoms with van der Waals surface area (Å²) in [4.78, 5) is 17.7. The van der Waals surface area contributed by atoms with Crippen LogP contribution in [0, 0.1) is 28.5 Å². The van der Waals surface area contributed by atoms with E-state index in [1.807, 2.05) is 11.0 Å². The number of carboxylic acid groups (broad SMARTS) is 1. The molecule has 2 aromatic carbocycles. The van der Waals surface area contributed by atoms with Crippen molar-refractivity contribution in [2.45, 2.75) is 25.3 Å². The lowest BCUT2D eigenvalue weighted by atomic mass is 9.89. The Morgan fingerprint density at radius 3 is 2.54 bits per heavy atom. The molecule has 2 heterocycles. The number of phenols is 1. The van der Waals surface area contributed by atoms with Gasteiger partial charge < -0.3 is 25.2 Å². The highest BCUT2D eigenvalue weighted by Gasteiger charge is 2.26. The highest BCUT2D eigenvalue weighted by molar-refractivity contribution is 5.89. The second-order valence-corrected chi connectivity index (χ2v) is 8.59. The van der Waals surface area contributed by atoms with E-state index in [4.69, 9.17) is 9.84 Å². The number of halogens is 1. The van der Waals surface area contributed by atoms with Crippen molar-refractivity contribution in [1.82, 2.24) is 10.3 Å². The lowest BCUT2D eigenvalue weighted by molar-refractivity contribution is 0.187. The standard InChI is InChI=1S/C27H24FN5O4/c1-37-24-5-4-16(13-23(24)34)21-15-31-26(33-10-7-19(8-11-33)32-27(35)36)20(6-9-29)25(21)17-2-3-18(14-30)22(28)12-17/h2-5,12-13,15,19,32,34H,6-8,10-11H2,1H3,(H,35,36). The molecule has 0 atom stereocenters. The topological polar surface area (TPSA) is 142 Å². The van der Waals surface area contributed by atoms with E-state index in [9.17, 15) is 24.8 Å². The summed E-state index contributed by atoms with van der Waals surface area (Å²) in [5.74, 6) is 0.0622. The minimum absolute atomic E-state index is 0.0252. The van der Waals surface area contributed by atoms with Gasteiger partial charge in [-0.3, -0.25) is 0 Å². The third kappa shape index (κ3) is 5.24. The van der Waals surface area contributed by atoms with Crippen LogP contribution in [0.15, 0.2) is 42.6 Å². The van der Waals surface area contributed by atoms with Crippen molar-refractivity contribution in [3.8, 4) is 45.9 Å². The fraction of sp³-hybridized carbons (Fsp3) is 0.259. The number of carbonyl (C=O) groups is 1. The van der Waals surface area contributed by atoms with E-state index in [1.165, 1.54) is 25.3 Å². The Hall–Kier alpha value is -4.83. The van der Waals surface area contributed by atoms with Gasteiger partial charge in [0.1, 0.15) is 17.7 Å². The van der Waals surface area contributed by atoms with Crippen LogP contribution in [0.25, 0.3) is 22.3 Å². The first kappa shape index (κ1) is 25.3. The summed E-state index contributed by atoms with van der Waals surface area (Å²) in [6, 6.07) is 12.9. The molecule has 1 aliphatic rings. The van der Waals surface area contributed by atoms with Crippen molar-refractivity contribution in [3.63, 3.8) is 0 Å². The van der Waals surface area contributed by atoms with E-state index in [-0.39, 0.29) is 29.5 Å². The number of nitrogens with zero attached hydrogens (tertiary/aromatic N) is 4. The van der Waals surface area contributed by atoms with E-state index < -0.39 is 11.9 Å². The number of hydrogen-bond acceptors (Lipinski definition) is 7. The highest BCUT2D eigenvalue weighted by atomic mass is 19.1. The molecule has 0 unspecified atom stereocenters. The van der Waals surface area contributed by atoms with Crippen LogP contribution in [0.4, 0.5) is 15.0 Å². The zero-order valence-electron chi connectivity index (χ0n) is 20.0. The van der Waals surface area contributed by atoms with Gasteiger partial charge in [-0.05, 0) is 53.8 Å². The molecular weight excluding hydrogens is 477 g/mol. The van der Waals surface area contributed by atoms with E-state index in [0.717, 1.165) is 0 Å². The molecule has 1 amide bonds. The van der Waals surface area contributed by atoms with E-state index in [0.29, 0.717) is 59.6 Å². The van der Waals surface area contributed by atoms with E-state index in [1.54, 1.807) is 24.4 Å². The third-order valence-electron chi connectivity index (χ3n) is 6.40. The van der Waals surface area contributed by atoms with Crippen LogP contribution >= 0.6 is 0 Å². The zero-order chi connectivity index (χ0) is 26.5. The predicted molar refractivity (Wildman–Crippen MR) is 134 cm³/mol. The molecule has 0 spiro atoms. The smallest absolute Gasteiger partial charge is 0.404 e. The Balaban J connectivity index is 1.88.